The second kappa shape index (κ2) is 14.1. The monoisotopic (exact) mass is 477 g/mol. The van der Waals surface area contributed by atoms with Gasteiger partial charge in [-0.1, -0.05) is 18.2 Å². The molecule has 1 aromatic rings. The van der Waals surface area contributed by atoms with Crippen LogP contribution in [0, 0.1) is 0 Å². The predicted molar refractivity (Wildman–Crippen MR) is 116 cm³/mol. The van der Waals surface area contributed by atoms with Gasteiger partial charge in [-0.15, -0.1) is 24.0 Å². The lowest BCUT2D eigenvalue weighted by molar-refractivity contribution is 0.0420. The van der Waals surface area contributed by atoms with Crippen LogP contribution in [-0.2, 0) is 15.9 Å². The van der Waals surface area contributed by atoms with E-state index in [2.05, 4.69) is 21.7 Å². The Morgan fingerprint density at radius 2 is 2.08 bits per heavy atom. The molecule has 0 bridgehead atoms. The lowest BCUT2D eigenvalue weighted by Crippen LogP contribution is -2.39. The highest BCUT2D eigenvalue weighted by Crippen LogP contribution is 2.17. The van der Waals surface area contributed by atoms with Gasteiger partial charge in [-0.3, -0.25) is 4.99 Å². The van der Waals surface area contributed by atoms with Crippen LogP contribution >= 0.6 is 24.0 Å². The summed E-state index contributed by atoms with van der Waals surface area (Å²) in [4.78, 5) is 4.26. The minimum absolute atomic E-state index is 0. The van der Waals surface area contributed by atoms with Gasteiger partial charge in [-0.2, -0.15) is 0 Å². The van der Waals surface area contributed by atoms with Crippen molar-refractivity contribution in [2.45, 2.75) is 32.3 Å². The van der Waals surface area contributed by atoms with Gasteiger partial charge in [0.25, 0.3) is 0 Å². The number of para-hydroxylation sites is 1. The summed E-state index contributed by atoms with van der Waals surface area (Å²) >= 11 is 0. The summed E-state index contributed by atoms with van der Waals surface area (Å²) in [7, 11) is 1.79. The third-order valence-electron chi connectivity index (χ3n) is 4.04. The highest BCUT2D eigenvalue weighted by molar-refractivity contribution is 14.0. The Kier molecular flexibility index (Phi) is 12.4. The first kappa shape index (κ1) is 23.0. The summed E-state index contributed by atoms with van der Waals surface area (Å²) < 4.78 is 16.7. The summed E-state index contributed by atoms with van der Waals surface area (Å²) in [6, 6.07) is 8.16. The molecule has 1 fully saturated rings. The van der Waals surface area contributed by atoms with Crippen molar-refractivity contribution in [1.29, 1.82) is 0 Å². The van der Waals surface area contributed by atoms with E-state index in [1.54, 1.807) is 7.05 Å². The fraction of sp³-hybridized carbons (Fsp3) is 0.632. The molecule has 0 aliphatic carbocycles. The van der Waals surface area contributed by atoms with Gasteiger partial charge in [0.1, 0.15) is 5.75 Å². The number of hydrogen-bond acceptors (Lipinski definition) is 4. The third kappa shape index (κ3) is 8.55. The molecule has 1 atom stereocenters. The highest BCUT2D eigenvalue weighted by atomic mass is 127. The first-order valence-corrected chi connectivity index (χ1v) is 9.18. The molecule has 1 unspecified atom stereocenters. The molecule has 1 saturated heterocycles. The molecular formula is C19H32IN3O3. The molecule has 1 heterocycles. The average molecular weight is 477 g/mol. The molecule has 0 saturated carbocycles. The normalized spacial score (nSPS) is 16.8. The maximum absolute atomic E-state index is 5.75. The van der Waals surface area contributed by atoms with Gasteiger partial charge >= 0.3 is 0 Å². The molecule has 2 N–H and O–H groups in total. The van der Waals surface area contributed by atoms with Crippen LogP contribution in [0.25, 0.3) is 0 Å². The maximum Gasteiger partial charge on any atom is 0.190 e. The first-order valence-electron chi connectivity index (χ1n) is 9.18. The van der Waals surface area contributed by atoms with E-state index in [-0.39, 0.29) is 30.1 Å². The zero-order valence-electron chi connectivity index (χ0n) is 15.8. The fourth-order valence-corrected chi connectivity index (χ4v) is 2.72. The lowest BCUT2D eigenvalue weighted by atomic mass is 10.1. The lowest BCUT2D eigenvalue weighted by Gasteiger charge is -2.14. The molecule has 0 amide bonds. The van der Waals surface area contributed by atoms with E-state index in [1.807, 2.05) is 25.1 Å². The Balaban J connectivity index is 0.00000338. The molecule has 6 nitrogen and oxygen atoms in total. The number of rotatable bonds is 10. The van der Waals surface area contributed by atoms with Crippen LogP contribution in [0.5, 0.6) is 5.75 Å². The van der Waals surface area contributed by atoms with Crippen molar-refractivity contribution in [3.8, 4) is 5.75 Å². The van der Waals surface area contributed by atoms with E-state index in [1.165, 1.54) is 5.56 Å². The minimum Gasteiger partial charge on any atom is -0.494 e. The molecule has 0 spiro atoms. The molecule has 2 rings (SSSR count). The van der Waals surface area contributed by atoms with Crippen molar-refractivity contribution in [1.82, 2.24) is 10.6 Å². The smallest absolute Gasteiger partial charge is 0.190 e. The zero-order chi connectivity index (χ0) is 17.7. The largest absolute Gasteiger partial charge is 0.494 e. The number of halogens is 1. The van der Waals surface area contributed by atoms with Crippen molar-refractivity contribution in [2.24, 2.45) is 4.99 Å². The van der Waals surface area contributed by atoms with E-state index >= 15 is 0 Å². The van der Waals surface area contributed by atoms with Crippen LogP contribution in [0.1, 0.15) is 25.3 Å². The summed E-state index contributed by atoms with van der Waals surface area (Å²) in [5, 5.41) is 6.66. The fourth-order valence-electron chi connectivity index (χ4n) is 2.72. The Labute approximate surface area is 174 Å². The van der Waals surface area contributed by atoms with Crippen molar-refractivity contribution < 1.29 is 14.2 Å². The Bertz CT molecular complexity index is 523. The summed E-state index contributed by atoms with van der Waals surface area (Å²) in [6.45, 7) is 6.64. The number of nitrogens with zero attached hydrogens (tertiary/aromatic N) is 1. The topological polar surface area (TPSA) is 64.1 Å². The van der Waals surface area contributed by atoms with E-state index in [0.717, 1.165) is 63.9 Å². The highest BCUT2D eigenvalue weighted by Gasteiger charge is 2.15. The molecule has 26 heavy (non-hydrogen) atoms. The Morgan fingerprint density at radius 3 is 2.81 bits per heavy atom. The van der Waals surface area contributed by atoms with Gasteiger partial charge in [0.05, 0.1) is 19.3 Å². The number of nitrogens with one attached hydrogen (secondary N) is 2. The van der Waals surface area contributed by atoms with E-state index in [4.69, 9.17) is 14.2 Å². The van der Waals surface area contributed by atoms with Gasteiger partial charge in [0.2, 0.25) is 0 Å². The number of guanidine groups is 1. The van der Waals surface area contributed by atoms with Crippen LogP contribution in [0.4, 0.5) is 0 Å². The van der Waals surface area contributed by atoms with Crippen LogP contribution in [0.15, 0.2) is 29.3 Å². The van der Waals surface area contributed by atoms with Crippen LogP contribution in [-0.4, -0.2) is 58.6 Å². The Hall–Kier alpha value is -1.06. The summed E-state index contributed by atoms with van der Waals surface area (Å²) in [6.07, 6.45) is 3.13. The second-order valence-corrected chi connectivity index (χ2v) is 5.93. The first-order chi connectivity index (χ1) is 12.3. The molecule has 0 radical (unpaired) electrons. The van der Waals surface area contributed by atoms with Crippen molar-refractivity contribution in [3.63, 3.8) is 0 Å². The number of ether oxygens (including phenoxy) is 3. The molecule has 7 heteroatoms. The third-order valence-corrected chi connectivity index (χ3v) is 4.04. The average Bonchev–Trinajstić information content (AvgIpc) is 3.15. The van der Waals surface area contributed by atoms with Gasteiger partial charge in [-0.05, 0) is 37.8 Å². The van der Waals surface area contributed by atoms with Gasteiger partial charge < -0.3 is 24.8 Å². The maximum atomic E-state index is 5.75. The standard InChI is InChI=1S/C19H31N3O3.HI/c1-3-24-18-8-5-4-7-16(18)9-12-22-19(20-2)21-11-6-13-25-17-10-14-23-15-17;/h4-5,7-8,17H,3,6,9-15H2,1-2H3,(H2,20,21,22);1H. The van der Waals surface area contributed by atoms with Gasteiger partial charge in [0, 0.05) is 33.4 Å². The molecule has 1 aliphatic rings. The van der Waals surface area contributed by atoms with Crippen LogP contribution in [0.3, 0.4) is 0 Å². The number of benzene rings is 1. The zero-order valence-corrected chi connectivity index (χ0v) is 18.2. The van der Waals surface area contributed by atoms with Crippen LogP contribution < -0.4 is 15.4 Å². The SMILES string of the molecule is CCOc1ccccc1CCNC(=NC)NCCCOC1CCOC1.I. The van der Waals surface area contributed by atoms with Gasteiger partial charge in [-0.25, -0.2) is 0 Å². The van der Waals surface area contributed by atoms with Gasteiger partial charge in [0.15, 0.2) is 5.96 Å². The quantitative estimate of drug-likeness (QED) is 0.235. The molecule has 0 aromatic heterocycles. The summed E-state index contributed by atoms with van der Waals surface area (Å²) in [5.74, 6) is 1.78. The molecule has 148 valence electrons. The summed E-state index contributed by atoms with van der Waals surface area (Å²) in [5.41, 5.74) is 1.21. The number of aliphatic imine (C=N–C) groups is 1. The van der Waals surface area contributed by atoms with Crippen molar-refractivity contribution >= 4 is 29.9 Å². The van der Waals surface area contributed by atoms with Crippen LogP contribution in [0.2, 0.25) is 0 Å². The van der Waals surface area contributed by atoms with E-state index in [9.17, 15) is 0 Å². The van der Waals surface area contributed by atoms with Crippen molar-refractivity contribution in [2.75, 3.05) is 46.6 Å². The predicted octanol–water partition coefficient (Wildman–Crippen LogP) is 2.61. The molecular weight excluding hydrogens is 445 g/mol. The molecule has 1 aliphatic heterocycles. The second-order valence-electron chi connectivity index (χ2n) is 5.93. The Morgan fingerprint density at radius 1 is 1.27 bits per heavy atom. The molecule has 1 aromatic carbocycles. The van der Waals surface area contributed by atoms with E-state index in [0.29, 0.717) is 6.61 Å². The number of hydrogen-bond donors (Lipinski definition) is 2. The van der Waals surface area contributed by atoms with Crippen molar-refractivity contribution in [3.05, 3.63) is 29.8 Å². The van der Waals surface area contributed by atoms with E-state index < -0.39 is 0 Å². The minimum atomic E-state index is 0.